The number of pyridine rings is 1. The Labute approximate surface area is 144 Å². The van der Waals surface area contributed by atoms with Crippen LogP contribution in [0.1, 0.15) is 21.7 Å². The fourth-order valence-corrected chi connectivity index (χ4v) is 3.62. The molecule has 132 valence electrons. The molecule has 0 saturated carbocycles. The molecule has 2 atom stereocenters. The molecule has 2 amide bonds. The third kappa shape index (κ3) is 2.57. The van der Waals surface area contributed by atoms with Crippen LogP contribution in [-0.2, 0) is 9.53 Å². The van der Waals surface area contributed by atoms with Gasteiger partial charge >= 0.3 is 0 Å². The third-order valence-electron chi connectivity index (χ3n) is 5.01. The van der Waals surface area contributed by atoms with E-state index in [1.54, 1.807) is 29.8 Å². The lowest BCUT2D eigenvalue weighted by molar-refractivity contribution is -0.133. The summed E-state index contributed by atoms with van der Waals surface area (Å²) in [6.07, 6.45) is 0. The van der Waals surface area contributed by atoms with Crippen LogP contribution in [0.4, 0.5) is 0 Å². The summed E-state index contributed by atoms with van der Waals surface area (Å²) in [6, 6.07) is 1.63. The molecule has 25 heavy (non-hydrogen) atoms. The van der Waals surface area contributed by atoms with E-state index >= 15 is 0 Å². The summed E-state index contributed by atoms with van der Waals surface area (Å²) < 4.78 is 10.8. The van der Waals surface area contributed by atoms with Gasteiger partial charge < -0.3 is 19.1 Å². The predicted octanol–water partition coefficient (Wildman–Crippen LogP) is 0.769. The van der Waals surface area contributed by atoms with Gasteiger partial charge in [0.25, 0.3) is 11.6 Å². The second-order valence-corrected chi connectivity index (χ2v) is 6.81. The highest BCUT2D eigenvalue weighted by Gasteiger charge is 2.39. The Hall–Kier alpha value is -2.48. The SMILES string of the molecule is Cc1cc(C(=O)N2C[C@@H]3COC[C@H](C2)N(C)C3=O)c2c(C)noc2n1. The largest absolute Gasteiger partial charge is 0.378 e. The van der Waals surface area contributed by atoms with Gasteiger partial charge in [-0.25, -0.2) is 4.98 Å². The molecule has 2 fully saturated rings. The van der Waals surface area contributed by atoms with Gasteiger partial charge in [-0.3, -0.25) is 9.59 Å². The van der Waals surface area contributed by atoms with Crippen molar-refractivity contribution < 1.29 is 18.8 Å². The standard InChI is InChI=1S/C17H20N4O4/c1-9-4-13(14-10(2)19-25-15(14)18-9)17(23)21-5-11-7-24-8-12(6-21)20(3)16(11)22/h4,11-12H,5-8H2,1-3H3/t11-,12+/m1/s1. The number of likely N-dealkylation sites (N-methyl/N-ethyl adjacent to an activating group) is 1. The summed E-state index contributed by atoms with van der Waals surface area (Å²) in [5, 5.41) is 4.57. The van der Waals surface area contributed by atoms with Crippen LogP contribution in [-0.4, -0.2) is 71.1 Å². The van der Waals surface area contributed by atoms with Gasteiger partial charge in [0.15, 0.2) is 0 Å². The van der Waals surface area contributed by atoms with Crippen LogP contribution in [0, 0.1) is 19.8 Å². The molecule has 0 N–H and O–H groups in total. The highest BCUT2D eigenvalue weighted by Crippen LogP contribution is 2.26. The number of aryl methyl sites for hydroxylation is 2. The van der Waals surface area contributed by atoms with E-state index in [1.807, 2.05) is 6.92 Å². The lowest BCUT2D eigenvalue weighted by Gasteiger charge is -2.29. The number of carbonyl (C=O) groups is 2. The molecule has 4 rings (SSSR count). The van der Waals surface area contributed by atoms with Crippen LogP contribution < -0.4 is 0 Å². The summed E-state index contributed by atoms with van der Waals surface area (Å²) >= 11 is 0. The van der Waals surface area contributed by atoms with Crippen molar-refractivity contribution in [3.8, 4) is 0 Å². The Balaban J connectivity index is 1.74. The van der Waals surface area contributed by atoms with E-state index in [9.17, 15) is 9.59 Å². The molecule has 8 nitrogen and oxygen atoms in total. The molecule has 0 radical (unpaired) electrons. The first kappa shape index (κ1) is 16.0. The number of aromatic nitrogens is 2. The lowest BCUT2D eigenvalue weighted by atomic mass is 10.1. The van der Waals surface area contributed by atoms with E-state index < -0.39 is 0 Å². The van der Waals surface area contributed by atoms with E-state index in [1.165, 1.54) is 0 Å². The van der Waals surface area contributed by atoms with E-state index in [4.69, 9.17) is 9.26 Å². The smallest absolute Gasteiger partial charge is 0.258 e. The van der Waals surface area contributed by atoms with Crippen molar-refractivity contribution in [3.63, 3.8) is 0 Å². The van der Waals surface area contributed by atoms with E-state index in [2.05, 4.69) is 10.1 Å². The van der Waals surface area contributed by atoms with Gasteiger partial charge in [0.2, 0.25) is 5.91 Å². The molecule has 4 heterocycles. The molecule has 0 spiro atoms. The van der Waals surface area contributed by atoms with Gasteiger partial charge in [-0.15, -0.1) is 0 Å². The van der Waals surface area contributed by atoms with Gasteiger partial charge in [0.1, 0.15) is 0 Å². The molecule has 2 aliphatic rings. The van der Waals surface area contributed by atoms with Gasteiger partial charge in [0, 0.05) is 25.8 Å². The quantitative estimate of drug-likeness (QED) is 0.759. The molecular formula is C17H20N4O4. The van der Waals surface area contributed by atoms with Crippen LogP contribution >= 0.6 is 0 Å². The highest BCUT2D eigenvalue weighted by molar-refractivity contribution is 6.06. The Morgan fingerprint density at radius 1 is 1.28 bits per heavy atom. The van der Waals surface area contributed by atoms with Crippen LogP contribution in [0.2, 0.25) is 0 Å². The summed E-state index contributed by atoms with van der Waals surface area (Å²) in [5.41, 5.74) is 2.22. The second-order valence-electron chi connectivity index (χ2n) is 6.81. The van der Waals surface area contributed by atoms with Crippen molar-refractivity contribution >= 4 is 22.9 Å². The first-order chi connectivity index (χ1) is 12.0. The minimum atomic E-state index is -0.330. The molecule has 2 aromatic rings. The van der Waals surface area contributed by atoms with Gasteiger partial charge in [-0.05, 0) is 19.9 Å². The predicted molar refractivity (Wildman–Crippen MR) is 88.0 cm³/mol. The van der Waals surface area contributed by atoms with Crippen molar-refractivity contribution in [2.75, 3.05) is 33.4 Å². The van der Waals surface area contributed by atoms with E-state index in [0.29, 0.717) is 54.4 Å². The fourth-order valence-electron chi connectivity index (χ4n) is 3.62. The minimum Gasteiger partial charge on any atom is -0.378 e. The Morgan fingerprint density at radius 3 is 2.88 bits per heavy atom. The van der Waals surface area contributed by atoms with Crippen molar-refractivity contribution in [1.82, 2.24) is 19.9 Å². The van der Waals surface area contributed by atoms with Gasteiger partial charge in [-0.2, -0.15) is 0 Å². The zero-order valence-electron chi connectivity index (χ0n) is 14.5. The first-order valence-corrected chi connectivity index (χ1v) is 8.33. The second kappa shape index (κ2) is 5.80. The fraction of sp³-hybridized carbons (Fsp3) is 0.529. The Kier molecular flexibility index (Phi) is 3.72. The maximum atomic E-state index is 13.3. The number of nitrogens with zero attached hydrogens (tertiary/aromatic N) is 4. The lowest BCUT2D eigenvalue weighted by Crippen LogP contribution is -2.45. The molecule has 2 aliphatic heterocycles. The summed E-state index contributed by atoms with van der Waals surface area (Å²) in [7, 11) is 1.78. The molecule has 0 unspecified atom stereocenters. The van der Waals surface area contributed by atoms with Gasteiger partial charge in [0.05, 0.1) is 41.8 Å². The topological polar surface area (TPSA) is 88.8 Å². The number of carbonyl (C=O) groups excluding carboxylic acids is 2. The third-order valence-corrected chi connectivity index (χ3v) is 5.01. The highest BCUT2D eigenvalue weighted by atomic mass is 16.5. The van der Waals surface area contributed by atoms with Crippen molar-refractivity contribution in [3.05, 3.63) is 23.0 Å². The molecule has 0 aromatic carbocycles. The van der Waals surface area contributed by atoms with Crippen molar-refractivity contribution in [2.45, 2.75) is 19.9 Å². The molecule has 8 heteroatoms. The zero-order chi connectivity index (χ0) is 17.7. The van der Waals surface area contributed by atoms with E-state index in [-0.39, 0.29) is 23.8 Å². The molecule has 0 aliphatic carbocycles. The van der Waals surface area contributed by atoms with Crippen molar-refractivity contribution in [1.29, 1.82) is 0 Å². The number of amides is 2. The zero-order valence-corrected chi connectivity index (χ0v) is 14.5. The van der Waals surface area contributed by atoms with E-state index in [0.717, 1.165) is 0 Å². The van der Waals surface area contributed by atoms with Crippen molar-refractivity contribution in [2.24, 2.45) is 5.92 Å². The number of rotatable bonds is 1. The van der Waals surface area contributed by atoms with Crippen LogP contribution in [0.25, 0.3) is 11.1 Å². The molecule has 2 aromatic heterocycles. The van der Waals surface area contributed by atoms with Crippen LogP contribution in [0.5, 0.6) is 0 Å². The Bertz CT molecular complexity index is 862. The summed E-state index contributed by atoms with van der Waals surface area (Å²) in [5.74, 6) is -0.416. The van der Waals surface area contributed by atoms with Gasteiger partial charge in [-0.1, -0.05) is 5.16 Å². The summed E-state index contributed by atoms with van der Waals surface area (Å²) in [4.78, 5) is 33.5. The van der Waals surface area contributed by atoms with Crippen LogP contribution in [0.3, 0.4) is 0 Å². The number of ether oxygens (including phenoxy) is 1. The summed E-state index contributed by atoms with van der Waals surface area (Å²) in [6.45, 7) is 5.20. The number of hydrogen-bond donors (Lipinski definition) is 0. The monoisotopic (exact) mass is 344 g/mol. The average molecular weight is 344 g/mol. The number of hydrogen-bond acceptors (Lipinski definition) is 6. The Morgan fingerprint density at radius 2 is 2.08 bits per heavy atom. The molecular weight excluding hydrogens is 324 g/mol. The first-order valence-electron chi connectivity index (χ1n) is 8.33. The van der Waals surface area contributed by atoms with Crippen LogP contribution in [0.15, 0.2) is 10.6 Å². The molecule has 2 bridgehead atoms. The normalized spacial score (nSPS) is 23.9. The minimum absolute atomic E-state index is 0.0371. The molecule has 2 saturated heterocycles. The maximum Gasteiger partial charge on any atom is 0.258 e. The average Bonchev–Trinajstić information content (AvgIpc) is 2.81. The maximum absolute atomic E-state index is 13.3. The number of fused-ring (bicyclic) bond motifs is 4.